The fraction of sp³-hybridized carbons (Fsp3) is 0.800. The van der Waals surface area contributed by atoms with Gasteiger partial charge in [0.25, 0.3) is 0 Å². The zero-order valence-electron chi connectivity index (χ0n) is 9.37. The van der Waals surface area contributed by atoms with E-state index in [0.29, 0.717) is 11.7 Å². The van der Waals surface area contributed by atoms with Crippen LogP contribution in [-0.2, 0) is 12.0 Å². The van der Waals surface area contributed by atoms with Gasteiger partial charge in [-0.25, -0.2) is 0 Å². The molecule has 4 nitrogen and oxygen atoms in total. The molecule has 4 heteroatoms. The van der Waals surface area contributed by atoms with Crippen LogP contribution in [0.15, 0.2) is 4.52 Å². The van der Waals surface area contributed by atoms with Gasteiger partial charge in [0.1, 0.15) is 0 Å². The second-order valence-electron chi connectivity index (χ2n) is 4.20. The molecule has 2 N–H and O–H groups in total. The van der Waals surface area contributed by atoms with Crippen LogP contribution in [0.4, 0.5) is 0 Å². The van der Waals surface area contributed by atoms with E-state index in [1.807, 2.05) is 6.92 Å². The first-order valence-electron chi connectivity index (χ1n) is 5.10. The standard InChI is InChI=1S/C10H19N3O/c1-5-6-8-12-9(13-14-8)10(4,11)7(2)3/h7H,5-6,11H2,1-4H3. The summed E-state index contributed by atoms with van der Waals surface area (Å²) in [4.78, 5) is 4.29. The fourth-order valence-corrected chi connectivity index (χ4v) is 1.05. The van der Waals surface area contributed by atoms with Crippen molar-refractivity contribution in [2.45, 2.75) is 46.1 Å². The smallest absolute Gasteiger partial charge is 0.226 e. The summed E-state index contributed by atoms with van der Waals surface area (Å²) in [6.45, 7) is 8.11. The van der Waals surface area contributed by atoms with Crippen LogP contribution in [0.2, 0.25) is 0 Å². The van der Waals surface area contributed by atoms with Crippen LogP contribution in [0.25, 0.3) is 0 Å². The first-order chi connectivity index (χ1) is 6.48. The van der Waals surface area contributed by atoms with Crippen molar-refractivity contribution in [1.29, 1.82) is 0 Å². The van der Waals surface area contributed by atoms with E-state index >= 15 is 0 Å². The minimum atomic E-state index is -0.504. The maximum atomic E-state index is 6.11. The van der Waals surface area contributed by atoms with Gasteiger partial charge in [-0.05, 0) is 19.3 Å². The highest BCUT2D eigenvalue weighted by atomic mass is 16.5. The van der Waals surface area contributed by atoms with Crippen molar-refractivity contribution in [1.82, 2.24) is 10.1 Å². The Hall–Kier alpha value is -0.900. The lowest BCUT2D eigenvalue weighted by molar-refractivity contribution is 0.305. The van der Waals surface area contributed by atoms with Gasteiger partial charge in [-0.1, -0.05) is 25.9 Å². The van der Waals surface area contributed by atoms with Crippen LogP contribution < -0.4 is 5.73 Å². The number of nitrogens with zero attached hydrogens (tertiary/aromatic N) is 2. The molecule has 1 unspecified atom stereocenters. The van der Waals surface area contributed by atoms with Crippen LogP contribution in [-0.4, -0.2) is 10.1 Å². The predicted octanol–water partition coefficient (Wildman–Crippen LogP) is 1.85. The van der Waals surface area contributed by atoms with E-state index in [1.54, 1.807) is 0 Å². The van der Waals surface area contributed by atoms with E-state index < -0.39 is 5.54 Å². The molecule has 0 aliphatic carbocycles. The molecule has 80 valence electrons. The lowest BCUT2D eigenvalue weighted by Gasteiger charge is -2.24. The van der Waals surface area contributed by atoms with E-state index in [-0.39, 0.29) is 5.92 Å². The van der Waals surface area contributed by atoms with Crippen LogP contribution >= 0.6 is 0 Å². The molecule has 0 aromatic carbocycles. The molecule has 1 heterocycles. The molecule has 0 radical (unpaired) electrons. The number of hydrogen-bond acceptors (Lipinski definition) is 4. The molecule has 0 amide bonds. The van der Waals surface area contributed by atoms with Gasteiger partial charge in [0.05, 0.1) is 5.54 Å². The van der Waals surface area contributed by atoms with E-state index in [1.165, 1.54) is 0 Å². The first kappa shape index (κ1) is 11.2. The molecule has 1 atom stereocenters. The summed E-state index contributed by atoms with van der Waals surface area (Å²) >= 11 is 0. The number of hydrogen-bond donors (Lipinski definition) is 1. The third-order valence-corrected chi connectivity index (χ3v) is 2.61. The highest BCUT2D eigenvalue weighted by molar-refractivity contribution is 5.03. The molecule has 0 fully saturated rings. The quantitative estimate of drug-likeness (QED) is 0.800. The van der Waals surface area contributed by atoms with Crippen molar-refractivity contribution in [2.24, 2.45) is 11.7 Å². The Morgan fingerprint density at radius 2 is 2.14 bits per heavy atom. The second-order valence-corrected chi connectivity index (χ2v) is 4.20. The van der Waals surface area contributed by atoms with Crippen LogP contribution in [0, 0.1) is 5.92 Å². The molecule has 0 saturated carbocycles. The summed E-state index contributed by atoms with van der Waals surface area (Å²) in [7, 11) is 0. The summed E-state index contributed by atoms with van der Waals surface area (Å²) in [5, 5.41) is 3.92. The molecule has 14 heavy (non-hydrogen) atoms. The van der Waals surface area contributed by atoms with Gasteiger partial charge >= 0.3 is 0 Å². The maximum Gasteiger partial charge on any atom is 0.226 e. The minimum absolute atomic E-state index is 0.287. The van der Waals surface area contributed by atoms with Gasteiger partial charge in [0, 0.05) is 6.42 Å². The Kier molecular flexibility index (Phi) is 3.26. The van der Waals surface area contributed by atoms with Gasteiger partial charge in [0.15, 0.2) is 5.82 Å². The zero-order valence-corrected chi connectivity index (χ0v) is 9.37. The summed E-state index contributed by atoms with van der Waals surface area (Å²) in [5.41, 5.74) is 5.60. The monoisotopic (exact) mass is 197 g/mol. The highest BCUT2D eigenvalue weighted by Gasteiger charge is 2.30. The second kappa shape index (κ2) is 4.09. The van der Waals surface area contributed by atoms with E-state index in [4.69, 9.17) is 10.3 Å². The maximum absolute atomic E-state index is 6.11. The molecule has 0 bridgehead atoms. The number of aromatic nitrogens is 2. The molecule has 1 aromatic heterocycles. The number of nitrogens with two attached hydrogens (primary N) is 1. The predicted molar refractivity (Wildman–Crippen MR) is 54.7 cm³/mol. The first-order valence-corrected chi connectivity index (χ1v) is 5.10. The summed E-state index contributed by atoms with van der Waals surface area (Å²) in [6, 6.07) is 0. The van der Waals surface area contributed by atoms with Crippen molar-refractivity contribution in [3.8, 4) is 0 Å². The highest BCUT2D eigenvalue weighted by Crippen LogP contribution is 2.23. The summed E-state index contributed by atoms with van der Waals surface area (Å²) in [5.74, 6) is 1.57. The van der Waals surface area contributed by atoms with Crippen LogP contribution in [0.1, 0.15) is 45.8 Å². The molecular weight excluding hydrogens is 178 g/mol. The normalized spacial score (nSPS) is 15.9. The fourth-order valence-electron chi connectivity index (χ4n) is 1.05. The average Bonchev–Trinajstić information content (AvgIpc) is 2.53. The van der Waals surface area contributed by atoms with Gasteiger partial charge < -0.3 is 10.3 Å². The number of rotatable bonds is 4. The summed E-state index contributed by atoms with van der Waals surface area (Å²) in [6.07, 6.45) is 1.83. The molecular formula is C10H19N3O. The van der Waals surface area contributed by atoms with Gasteiger partial charge in [-0.3, -0.25) is 0 Å². The minimum Gasteiger partial charge on any atom is -0.339 e. The third kappa shape index (κ3) is 2.12. The Labute approximate surface area is 84.9 Å². The van der Waals surface area contributed by atoms with Gasteiger partial charge in [-0.15, -0.1) is 0 Å². The largest absolute Gasteiger partial charge is 0.339 e. The Bertz CT molecular complexity index is 291. The zero-order chi connectivity index (χ0) is 10.8. The molecule has 0 aliphatic rings. The molecule has 0 saturated heterocycles. The molecule has 1 rings (SSSR count). The number of aryl methyl sites for hydroxylation is 1. The third-order valence-electron chi connectivity index (χ3n) is 2.61. The van der Waals surface area contributed by atoms with Gasteiger partial charge in [-0.2, -0.15) is 4.98 Å². The Balaban J connectivity index is 2.85. The van der Waals surface area contributed by atoms with Crippen molar-refractivity contribution in [3.63, 3.8) is 0 Å². The molecule has 1 aromatic rings. The molecule has 0 aliphatic heterocycles. The van der Waals surface area contributed by atoms with Crippen molar-refractivity contribution < 1.29 is 4.52 Å². The van der Waals surface area contributed by atoms with Crippen molar-refractivity contribution >= 4 is 0 Å². The SMILES string of the molecule is CCCc1nc(C(C)(N)C(C)C)no1. The van der Waals surface area contributed by atoms with Crippen molar-refractivity contribution in [2.75, 3.05) is 0 Å². The van der Waals surface area contributed by atoms with Crippen LogP contribution in [0.3, 0.4) is 0 Å². The Morgan fingerprint density at radius 1 is 1.50 bits per heavy atom. The topological polar surface area (TPSA) is 64.9 Å². The molecule has 0 spiro atoms. The Morgan fingerprint density at radius 3 is 2.64 bits per heavy atom. The van der Waals surface area contributed by atoms with E-state index in [2.05, 4.69) is 30.9 Å². The lowest BCUT2D eigenvalue weighted by atomic mass is 9.89. The summed E-state index contributed by atoms with van der Waals surface area (Å²) < 4.78 is 5.10. The average molecular weight is 197 g/mol. The lowest BCUT2D eigenvalue weighted by Crippen LogP contribution is -2.39. The van der Waals surface area contributed by atoms with E-state index in [9.17, 15) is 0 Å². The van der Waals surface area contributed by atoms with Crippen molar-refractivity contribution in [3.05, 3.63) is 11.7 Å². The van der Waals surface area contributed by atoms with E-state index in [0.717, 1.165) is 12.8 Å². The van der Waals surface area contributed by atoms with Crippen LogP contribution in [0.5, 0.6) is 0 Å². The van der Waals surface area contributed by atoms with Gasteiger partial charge in [0.2, 0.25) is 5.89 Å².